The maximum Gasteiger partial charge on any atom is 0.277 e. The number of ether oxygens (including phenoxy) is 1. The van der Waals surface area contributed by atoms with Crippen molar-refractivity contribution in [2.45, 2.75) is 13.3 Å². The first-order chi connectivity index (χ1) is 11.7. The van der Waals surface area contributed by atoms with E-state index in [1.165, 1.54) is 5.56 Å². The van der Waals surface area contributed by atoms with Gasteiger partial charge < -0.3 is 14.5 Å². The Kier molecular flexibility index (Phi) is 3.90. The normalized spacial score (nSPS) is 17.0. The van der Waals surface area contributed by atoms with E-state index in [0.29, 0.717) is 31.4 Å². The van der Waals surface area contributed by atoms with Crippen molar-refractivity contribution in [3.63, 3.8) is 0 Å². The van der Waals surface area contributed by atoms with E-state index >= 15 is 0 Å². The molecule has 3 heterocycles. The van der Waals surface area contributed by atoms with Crippen molar-refractivity contribution in [2.75, 3.05) is 42.6 Å². The van der Waals surface area contributed by atoms with Crippen molar-refractivity contribution in [2.24, 2.45) is 0 Å². The first kappa shape index (κ1) is 15.1. The number of amides is 1. The number of rotatable bonds is 2. The number of hydrogen-bond acceptors (Lipinski definition) is 5. The van der Waals surface area contributed by atoms with E-state index < -0.39 is 0 Å². The number of fused-ring (bicyclic) bond motifs is 1. The third-order valence-corrected chi connectivity index (χ3v) is 4.49. The Morgan fingerprint density at radius 2 is 1.92 bits per heavy atom. The molecule has 6 nitrogen and oxygen atoms in total. The molecule has 1 saturated heterocycles. The first-order valence-electron chi connectivity index (χ1n) is 8.30. The Hall–Kier alpha value is -2.47. The summed E-state index contributed by atoms with van der Waals surface area (Å²) in [5.74, 6) is 0.564. The van der Waals surface area contributed by atoms with Crippen LogP contribution in [-0.2, 0) is 11.2 Å². The molecule has 2 aliphatic heterocycles. The summed E-state index contributed by atoms with van der Waals surface area (Å²) in [6.45, 7) is 5.45. The fourth-order valence-corrected chi connectivity index (χ4v) is 3.25. The maximum absolute atomic E-state index is 13.0. The molecule has 0 unspecified atom stereocenters. The summed E-state index contributed by atoms with van der Waals surface area (Å²) >= 11 is 0. The van der Waals surface area contributed by atoms with Gasteiger partial charge in [-0.2, -0.15) is 0 Å². The lowest BCUT2D eigenvalue weighted by atomic mass is 10.2. The van der Waals surface area contributed by atoms with Gasteiger partial charge in [-0.1, -0.05) is 18.2 Å². The maximum atomic E-state index is 13.0. The van der Waals surface area contributed by atoms with Crippen molar-refractivity contribution in [3.05, 3.63) is 47.3 Å². The molecule has 0 atom stereocenters. The van der Waals surface area contributed by atoms with Crippen LogP contribution in [0.15, 0.2) is 30.3 Å². The second-order valence-corrected chi connectivity index (χ2v) is 6.13. The van der Waals surface area contributed by atoms with Gasteiger partial charge in [-0.05, 0) is 31.0 Å². The van der Waals surface area contributed by atoms with Gasteiger partial charge in [0.05, 0.1) is 13.2 Å². The fourth-order valence-electron chi connectivity index (χ4n) is 3.25. The van der Waals surface area contributed by atoms with Crippen LogP contribution in [-0.4, -0.2) is 48.7 Å². The zero-order valence-electron chi connectivity index (χ0n) is 13.7. The van der Waals surface area contributed by atoms with E-state index in [0.717, 1.165) is 30.9 Å². The molecule has 0 aliphatic carbocycles. The average Bonchev–Trinajstić information content (AvgIpc) is 3.05. The van der Waals surface area contributed by atoms with Crippen molar-refractivity contribution in [3.8, 4) is 0 Å². The van der Waals surface area contributed by atoms with E-state index in [1.54, 1.807) is 6.07 Å². The number of carbonyl (C=O) groups is 1. The SMILES string of the molecule is Cc1cc(C(=O)N2CCc3ccccc32)nc(N2CCOCC2)n1. The smallest absolute Gasteiger partial charge is 0.277 e. The van der Waals surface area contributed by atoms with Crippen LogP contribution in [0.3, 0.4) is 0 Å². The quantitative estimate of drug-likeness (QED) is 0.843. The zero-order chi connectivity index (χ0) is 16.5. The van der Waals surface area contributed by atoms with Crippen molar-refractivity contribution >= 4 is 17.5 Å². The van der Waals surface area contributed by atoms with Gasteiger partial charge in [-0.15, -0.1) is 0 Å². The molecule has 124 valence electrons. The van der Waals surface area contributed by atoms with Crippen molar-refractivity contribution in [1.82, 2.24) is 9.97 Å². The third kappa shape index (κ3) is 2.73. The Bertz CT molecular complexity index is 771. The lowest BCUT2D eigenvalue weighted by molar-refractivity contribution is 0.0984. The number of anilines is 2. The van der Waals surface area contributed by atoms with Gasteiger partial charge in [-0.25, -0.2) is 9.97 Å². The minimum Gasteiger partial charge on any atom is -0.378 e. The van der Waals surface area contributed by atoms with Crippen LogP contribution < -0.4 is 9.80 Å². The third-order valence-electron chi connectivity index (χ3n) is 4.49. The Morgan fingerprint density at radius 1 is 1.12 bits per heavy atom. The van der Waals surface area contributed by atoms with Gasteiger partial charge in [0.2, 0.25) is 5.95 Å². The minimum atomic E-state index is -0.0556. The number of morpholine rings is 1. The topological polar surface area (TPSA) is 58.6 Å². The molecule has 1 amide bonds. The van der Waals surface area contributed by atoms with E-state index in [1.807, 2.05) is 30.0 Å². The largest absolute Gasteiger partial charge is 0.378 e. The zero-order valence-corrected chi connectivity index (χ0v) is 13.7. The number of carbonyl (C=O) groups excluding carboxylic acids is 1. The van der Waals surface area contributed by atoms with Gasteiger partial charge in [-0.3, -0.25) is 4.79 Å². The van der Waals surface area contributed by atoms with Gasteiger partial charge >= 0.3 is 0 Å². The number of para-hydroxylation sites is 1. The highest BCUT2D eigenvalue weighted by atomic mass is 16.5. The van der Waals surface area contributed by atoms with E-state index in [2.05, 4.69) is 20.9 Å². The second kappa shape index (κ2) is 6.20. The Balaban J connectivity index is 1.64. The van der Waals surface area contributed by atoms with Crippen LogP contribution in [0.2, 0.25) is 0 Å². The molecule has 6 heteroatoms. The number of benzene rings is 1. The summed E-state index contributed by atoms with van der Waals surface area (Å²) in [6, 6.07) is 9.82. The predicted octanol–water partition coefficient (Wildman–Crippen LogP) is 1.82. The van der Waals surface area contributed by atoms with Crippen LogP contribution in [0.25, 0.3) is 0 Å². The molecule has 4 rings (SSSR count). The number of hydrogen-bond donors (Lipinski definition) is 0. The predicted molar refractivity (Wildman–Crippen MR) is 91.6 cm³/mol. The molecule has 1 aromatic heterocycles. The standard InChI is InChI=1S/C18H20N4O2/c1-13-12-15(20-18(19-13)21-8-10-24-11-9-21)17(23)22-7-6-14-4-2-3-5-16(14)22/h2-5,12H,6-11H2,1H3. The molecule has 1 aromatic carbocycles. The number of aromatic nitrogens is 2. The highest BCUT2D eigenvalue weighted by molar-refractivity contribution is 6.06. The lowest BCUT2D eigenvalue weighted by Crippen LogP contribution is -2.38. The van der Waals surface area contributed by atoms with Gasteiger partial charge in [0.25, 0.3) is 5.91 Å². The highest BCUT2D eigenvalue weighted by Crippen LogP contribution is 2.28. The van der Waals surface area contributed by atoms with Crippen LogP contribution in [0.1, 0.15) is 21.7 Å². The molecule has 2 aliphatic rings. The molecule has 0 saturated carbocycles. The molecular weight excluding hydrogens is 304 g/mol. The monoisotopic (exact) mass is 324 g/mol. The molecular formula is C18H20N4O2. The lowest BCUT2D eigenvalue weighted by Gasteiger charge is -2.27. The molecule has 0 bridgehead atoms. The molecule has 1 fully saturated rings. The Morgan fingerprint density at radius 3 is 2.75 bits per heavy atom. The summed E-state index contributed by atoms with van der Waals surface area (Å²) in [4.78, 5) is 25.9. The number of aryl methyl sites for hydroxylation is 1. The summed E-state index contributed by atoms with van der Waals surface area (Å²) in [5.41, 5.74) is 3.47. The summed E-state index contributed by atoms with van der Waals surface area (Å²) in [6.07, 6.45) is 0.891. The highest BCUT2D eigenvalue weighted by Gasteiger charge is 2.27. The van der Waals surface area contributed by atoms with E-state index in [4.69, 9.17) is 4.74 Å². The fraction of sp³-hybridized carbons (Fsp3) is 0.389. The van der Waals surface area contributed by atoms with Crippen LogP contribution in [0.5, 0.6) is 0 Å². The van der Waals surface area contributed by atoms with Gasteiger partial charge in [0, 0.05) is 31.0 Å². The summed E-state index contributed by atoms with van der Waals surface area (Å²) in [5, 5.41) is 0. The van der Waals surface area contributed by atoms with Gasteiger partial charge in [0.15, 0.2) is 0 Å². The average molecular weight is 324 g/mol. The van der Waals surface area contributed by atoms with E-state index in [-0.39, 0.29) is 5.91 Å². The summed E-state index contributed by atoms with van der Waals surface area (Å²) < 4.78 is 5.38. The Labute approximate surface area is 141 Å². The van der Waals surface area contributed by atoms with Crippen LogP contribution in [0, 0.1) is 6.92 Å². The molecule has 24 heavy (non-hydrogen) atoms. The molecule has 0 N–H and O–H groups in total. The number of nitrogens with zero attached hydrogens (tertiary/aromatic N) is 4. The summed E-state index contributed by atoms with van der Waals surface area (Å²) in [7, 11) is 0. The second-order valence-electron chi connectivity index (χ2n) is 6.13. The van der Waals surface area contributed by atoms with Gasteiger partial charge in [0.1, 0.15) is 5.69 Å². The molecule has 0 spiro atoms. The van der Waals surface area contributed by atoms with Crippen molar-refractivity contribution in [1.29, 1.82) is 0 Å². The van der Waals surface area contributed by atoms with Crippen molar-refractivity contribution < 1.29 is 9.53 Å². The van der Waals surface area contributed by atoms with Crippen LogP contribution >= 0.6 is 0 Å². The molecule has 2 aromatic rings. The van der Waals surface area contributed by atoms with Crippen LogP contribution in [0.4, 0.5) is 11.6 Å². The minimum absolute atomic E-state index is 0.0556. The first-order valence-corrected chi connectivity index (χ1v) is 8.30. The molecule has 0 radical (unpaired) electrons. The van der Waals surface area contributed by atoms with E-state index in [9.17, 15) is 4.79 Å².